The second-order valence-corrected chi connectivity index (χ2v) is 6.08. The Bertz CT molecular complexity index is 826. The van der Waals surface area contributed by atoms with Crippen LogP contribution in [0, 0.1) is 0 Å². The van der Waals surface area contributed by atoms with Gasteiger partial charge in [-0.2, -0.15) is 0 Å². The van der Waals surface area contributed by atoms with Crippen LogP contribution in [0.5, 0.6) is 0 Å². The summed E-state index contributed by atoms with van der Waals surface area (Å²) in [6.45, 7) is 3.52. The van der Waals surface area contributed by atoms with Gasteiger partial charge in [0, 0.05) is 30.4 Å². The lowest BCUT2D eigenvalue weighted by Crippen LogP contribution is -2.36. The summed E-state index contributed by atoms with van der Waals surface area (Å²) in [5.41, 5.74) is 4.51. The van der Waals surface area contributed by atoms with Crippen molar-refractivity contribution in [2.45, 2.75) is 0 Å². The molecule has 2 aromatic carbocycles. The molecule has 116 valence electrons. The molecule has 0 bridgehead atoms. The van der Waals surface area contributed by atoms with Gasteiger partial charge in [-0.05, 0) is 41.5 Å². The van der Waals surface area contributed by atoms with Crippen molar-refractivity contribution >= 4 is 28.2 Å². The van der Waals surface area contributed by atoms with Gasteiger partial charge < -0.3 is 9.64 Å². The standard InChI is InChI=1S/C19H17ClN2O/c20-18-7-8-21-19-6-3-15(13-17(18)19)14-1-4-16(5-2-14)22-9-11-23-12-10-22/h1-8,13H,9-12H2. The van der Waals surface area contributed by atoms with Crippen molar-refractivity contribution in [2.75, 3.05) is 31.2 Å². The fourth-order valence-electron chi connectivity index (χ4n) is 2.98. The Balaban J connectivity index is 1.66. The van der Waals surface area contributed by atoms with E-state index in [0.717, 1.165) is 47.8 Å². The molecule has 0 radical (unpaired) electrons. The van der Waals surface area contributed by atoms with E-state index in [1.807, 2.05) is 12.1 Å². The Morgan fingerprint density at radius 1 is 0.913 bits per heavy atom. The molecule has 0 unspecified atom stereocenters. The van der Waals surface area contributed by atoms with E-state index < -0.39 is 0 Å². The minimum absolute atomic E-state index is 0.738. The fourth-order valence-corrected chi connectivity index (χ4v) is 3.19. The average Bonchev–Trinajstić information content (AvgIpc) is 2.63. The molecule has 1 aliphatic rings. The zero-order valence-electron chi connectivity index (χ0n) is 12.7. The lowest BCUT2D eigenvalue weighted by molar-refractivity contribution is 0.122. The van der Waals surface area contributed by atoms with E-state index in [4.69, 9.17) is 16.3 Å². The van der Waals surface area contributed by atoms with E-state index in [0.29, 0.717) is 0 Å². The second kappa shape index (κ2) is 6.19. The van der Waals surface area contributed by atoms with Gasteiger partial charge in [0.2, 0.25) is 0 Å². The number of hydrogen-bond donors (Lipinski definition) is 0. The minimum atomic E-state index is 0.738. The number of rotatable bonds is 2. The molecule has 3 aromatic rings. The fraction of sp³-hybridized carbons (Fsp3) is 0.211. The van der Waals surface area contributed by atoms with Crippen molar-refractivity contribution in [2.24, 2.45) is 0 Å². The first-order valence-electron chi connectivity index (χ1n) is 7.79. The highest BCUT2D eigenvalue weighted by Crippen LogP contribution is 2.29. The molecule has 0 amide bonds. The summed E-state index contributed by atoms with van der Waals surface area (Å²) in [5, 5.41) is 1.73. The Labute approximate surface area is 140 Å². The first kappa shape index (κ1) is 14.5. The molecule has 3 nitrogen and oxygen atoms in total. The number of ether oxygens (including phenoxy) is 1. The summed E-state index contributed by atoms with van der Waals surface area (Å²) >= 11 is 6.28. The zero-order chi connectivity index (χ0) is 15.6. The van der Waals surface area contributed by atoms with Crippen LogP contribution in [0.15, 0.2) is 54.7 Å². The van der Waals surface area contributed by atoms with Gasteiger partial charge in [-0.3, -0.25) is 4.98 Å². The third-order valence-corrected chi connectivity index (χ3v) is 4.59. The van der Waals surface area contributed by atoms with Crippen molar-refractivity contribution in [3.8, 4) is 11.1 Å². The number of hydrogen-bond acceptors (Lipinski definition) is 3. The van der Waals surface area contributed by atoms with Crippen LogP contribution < -0.4 is 4.90 Å². The Morgan fingerprint density at radius 3 is 2.43 bits per heavy atom. The third-order valence-electron chi connectivity index (χ3n) is 4.27. The molecule has 0 atom stereocenters. The highest BCUT2D eigenvalue weighted by molar-refractivity contribution is 6.35. The van der Waals surface area contributed by atoms with Crippen LogP contribution in [-0.2, 0) is 4.74 Å². The summed E-state index contributed by atoms with van der Waals surface area (Å²) in [7, 11) is 0. The highest BCUT2D eigenvalue weighted by Gasteiger charge is 2.11. The maximum absolute atomic E-state index is 6.28. The van der Waals surface area contributed by atoms with E-state index in [1.54, 1.807) is 6.20 Å². The molecular weight excluding hydrogens is 308 g/mol. The molecule has 0 saturated carbocycles. The minimum Gasteiger partial charge on any atom is -0.378 e. The SMILES string of the molecule is Clc1ccnc2ccc(-c3ccc(N4CCOCC4)cc3)cc12. The summed E-state index contributed by atoms with van der Waals surface area (Å²) < 4.78 is 5.41. The maximum atomic E-state index is 6.28. The number of halogens is 1. The van der Waals surface area contributed by atoms with Crippen molar-refractivity contribution in [1.29, 1.82) is 0 Å². The van der Waals surface area contributed by atoms with Crippen LogP contribution >= 0.6 is 11.6 Å². The molecule has 4 rings (SSSR count). The lowest BCUT2D eigenvalue weighted by Gasteiger charge is -2.28. The number of pyridine rings is 1. The molecule has 0 spiro atoms. The Kier molecular flexibility index (Phi) is 3.90. The topological polar surface area (TPSA) is 25.4 Å². The monoisotopic (exact) mass is 324 g/mol. The van der Waals surface area contributed by atoms with Crippen molar-refractivity contribution in [1.82, 2.24) is 4.98 Å². The summed E-state index contributed by atoms with van der Waals surface area (Å²) in [4.78, 5) is 6.70. The van der Waals surface area contributed by atoms with Crippen LogP contribution in [0.1, 0.15) is 0 Å². The van der Waals surface area contributed by atoms with Crippen molar-refractivity contribution in [3.05, 3.63) is 59.8 Å². The van der Waals surface area contributed by atoms with Gasteiger partial charge in [0.1, 0.15) is 0 Å². The molecule has 1 aromatic heterocycles. The van der Waals surface area contributed by atoms with E-state index in [-0.39, 0.29) is 0 Å². The average molecular weight is 325 g/mol. The van der Waals surface area contributed by atoms with E-state index in [1.165, 1.54) is 11.3 Å². The van der Waals surface area contributed by atoms with Gasteiger partial charge >= 0.3 is 0 Å². The third kappa shape index (κ3) is 2.90. The first-order valence-corrected chi connectivity index (χ1v) is 8.16. The van der Waals surface area contributed by atoms with Gasteiger partial charge in [0.25, 0.3) is 0 Å². The molecule has 0 N–H and O–H groups in total. The summed E-state index contributed by atoms with van der Waals surface area (Å²) in [6, 6.07) is 16.7. The second-order valence-electron chi connectivity index (χ2n) is 5.67. The smallest absolute Gasteiger partial charge is 0.0717 e. The van der Waals surface area contributed by atoms with Gasteiger partial charge in [-0.15, -0.1) is 0 Å². The molecular formula is C19H17ClN2O. The quantitative estimate of drug-likeness (QED) is 0.699. The van der Waals surface area contributed by atoms with Gasteiger partial charge in [0.15, 0.2) is 0 Å². The number of nitrogens with zero attached hydrogens (tertiary/aromatic N) is 2. The summed E-state index contributed by atoms with van der Waals surface area (Å²) in [6.07, 6.45) is 1.74. The van der Waals surface area contributed by atoms with Crippen LogP contribution in [0.3, 0.4) is 0 Å². The van der Waals surface area contributed by atoms with Gasteiger partial charge in [-0.25, -0.2) is 0 Å². The molecule has 1 fully saturated rings. The first-order chi connectivity index (χ1) is 11.3. The van der Waals surface area contributed by atoms with E-state index in [2.05, 4.69) is 46.3 Å². The van der Waals surface area contributed by atoms with E-state index >= 15 is 0 Å². The predicted octanol–water partition coefficient (Wildman–Crippen LogP) is 4.39. The molecule has 4 heteroatoms. The Morgan fingerprint density at radius 2 is 1.65 bits per heavy atom. The van der Waals surface area contributed by atoms with Crippen LogP contribution in [-0.4, -0.2) is 31.3 Å². The normalized spacial score (nSPS) is 15.1. The highest BCUT2D eigenvalue weighted by atomic mass is 35.5. The van der Waals surface area contributed by atoms with Crippen LogP contribution in [0.25, 0.3) is 22.0 Å². The molecule has 2 heterocycles. The number of fused-ring (bicyclic) bond motifs is 1. The molecule has 1 saturated heterocycles. The number of anilines is 1. The van der Waals surface area contributed by atoms with Gasteiger partial charge in [-0.1, -0.05) is 29.8 Å². The van der Waals surface area contributed by atoms with Crippen molar-refractivity contribution < 1.29 is 4.74 Å². The van der Waals surface area contributed by atoms with Gasteiger partial charge in [0.05, 0.1) is 23.8 Å². The number of benzene rings is 2. The van der Waals surface area contributed by atoms with Crippen molar-refractivity contribution in [3.63, 3.8) is 0 Å². The maximum Gasteiger partial charge on any atom is 0.0717 e. The predicted molar refractivity (Wildman–Crippen MR) is 95.2 cm³/mol. The Hall–Kier alpha value is -2.10. The zero-order valence-corrected chi connectivity index (χ0v) is 13.5. The van der Waals surface area contributed by atoms with Crippen LogP contribution in [0.2, 0.25) is 5.02 Å². The number of aromatic nitrogens is 1. The lowest BCUT2D eigenvalue weighted by atomic mass is 10.0. The largest absolute Gasteiger partial charge is 0.378 e. The molecule has 23 heavy (non-hydrogen) atoms. The molecule has 1 aliphatic heterocycles. The number of morpholine rings is 1. The summed E-state index contributed by atoms with van der Waals surface area (Å²) in [5.74, 6) is 0. The van der Waals surface area contributed by atoms with E-state index in [9.17, 15) is 0 Å². The van der Waals surface area contributed by atoms with Crippen LogP contribution in [0.4, 0.5) is 5.69 Å². The molecule has 0 aliphatic carbocycles.